The number of nitrogens with one attached hydrogen (secondary N) is 1. The number of hydrogen-bond donors (Lipinski definition) is 1. The van der Waals surface area contributed by atoms with Crippen LogP contribution >= 0.6 is 23.2 Å². The van der Waals surface area contributed by atoms with Crippen molar-refractivity contribution in [3.8, 4) is 17.1 Å². The molecule has 29 heavy (non-hydrogen) atoms. The third-order valence-electron chi connectivity index (χ3n) is 4.19. The van der Waals surface area contributed by atoms with Crippen molar-refractivity contribution in [3.63, 3.8) is 0 Å². The van der Waals surface area contributed by atoms with Gasteiger partial charge in [0, 0.05) is 28.9 Å². The molecule has 2 aromatic carbocycles. The number of hydrogen-bond acceptors (Lipinski definition) is 6. The van der Waals surface area contributed by atoms with Gasteiger partial charge in [0.1, 0.15) is 11.6 Å². The molecule has 2 aromatic heterocycles. The molecule has 0 radical (unpaired) electrons. The number of pyridine rings is 1. The van der Waals surface area contributed by atoms with Crippen molar-refractivity contribution in [1.29, 1.82) is 0 Å². The van der Waals surface area contributed by atoms with E-state index in [-0.39, 0.29) is 5.89 Å². The van der Waals surface area contributed by atoms with E-state index in [1.54, 1.807) is 49.6 Å². The second-order valence-corrected chi connectivity index (χ2v) is 6.93. The first kappa shape index (κ1) is 19.2. The number of halogens is 2. The minimum absolute atomic E-state index is 0.263. The molecule has 0 aliphatic heterocycles. The van der Waals surface area contributed by atoms with E-state index in [0.717, 1.165) is 0 Å². The smallest absolute Gasteiger partial charge is 0.272 e. The lowest BCUT2D eigenvalue weighted by molar-refractivity contribution is 0.193. The van der Waals surface area contributed by atoms with Gasteiger partial charge in [-0.25, -0.2) is 4.98 Å². The molecule has 4 aromatic rings. The summed E-state index contributed by atoms with van der Waals surface area (Å²) in [6.45, 7) is 0. The number of anilines is 1. The van der Waals surface area contributed by atoms with E-state index in [1.807, 2.05) is 24.3 Å². The van der Waals surface area contributed by atoms with Crippen LogP contribution in [0.15, 0.2) is 71.4 Å². The predicted molar refractivity (Wildman–Crippen MR) is 112 cm³/mol. The van der Waals surface area contributed by atoms with Gasteiger partial charge in [0.05, 0.1) is 5.56 Å². The molecule has 0 fully saturated rings. The van der Waals surface area contributed by atoms with Crippen LogP contribution < -0.4 is 10.1 Å². The number of ether oxygens (including phenoxy) is 1. The van der Waals surface area contributed by atoms with E-state index in [4.69, 9.17) is 32.5 Å². The van der Waals surface area contributed by atoms with E-state index in [1.165, 1.54) is 0 Å². The van der Waals surface area contributed by atoms with Crippen LogP contribution in [-0.4, -0.2) is 22.2 Å². The molecule has 6 nitrogen and oxygen atoms in total. The first-order valence-electron chi connectivity index (χ1n) is 8.79. The Balaban J connectivity index is 1.76. The van der Waals surface area contributed by atoms with Gasteiger partial charge < -0.3 is 14.6 Å². The molecule has 1 atom stereocenters. The van der Waals surface area contributed by atoms with Crippen LogP contribution in [0.4, 0.5) is 5.82 Å². The average molecular weight is 427 g/mol. The molecule has 0 aliphatic rings. The highest BCUT2D eigenvalue weighted by atomic mass is 35.5. The molecule has 0 saturated carbocycles. The zero-order valence-corrected chi connectivity index (χ0v) is 16.9. The summed E-state index contributed by atoms with van der Waals surface area (Å²) in [4.78, 5) is 8.83. The number of nitrogens with zero attached hydrogens (tertiary/aromatic N) is 3. The second-order valence-electron chi connectivity index (χ2n) is 6.08. The summed E-state index contributed by atoms with van der Waals surface area (Å²) >= 11 is 12.5. The molecule has 4 rings (SSSR count). The zero-order valence-electron chi connectivity index (χ0n) is 15.3. The number of benzene rings is 2. The Labute approximate surface area is 177 Å². The SMILES string of the molecule is CNc1ncccc1-c1noc(C(Oc2cccc(Cl)c2)c2ccccc2Cl)n1. The lowest BCUT2D eigenvalue weighted by atomic mass is 10.1. The van der Waals surface area contributed by atoms with Gasteiger partial charge in [-0.2, -0.15) is 4.98 Å². The Morgan fingerprint density at radius 1 is 1.03 bits per heavy atom. The van der Waals surface area contributed by atoms with Gasteiger partial charge in [-0.05, 0) is 36.4 Å². The van der Waals surface area contributed by atoms with Crippen molar-refractivity contribution in [2.75, 3.05) is 12.4 Å². The Hall–Kier alpha value is -3.09. The Kier molecular flexibility index (Phi) is 5.64. The van der Waals surface area contributed by atoms with Gasteiger partial charge in [-0.1, -0.05) is 52.6 Å². The third-order valence-corrected chi connectivity index (χ3v) is 4.77. The van der Waals surface area contributed by atoms with Crippen molar-refractivity contribution in [3.05, 3.63) is 88.4 Å². The molecule has 8 heteroatoms. The molecule has 2 heterocycles. The highest BCUT2D eigenvalue weighted by Crippen LogP contribution is 2.34. The fourth-order valence-corrected chi connectivity index (χ4v) is 3.26. The van der Waals surface area contributed by atoms with Gasteiger partial charge in [0.2, 0.25) is 11.9 Å². The summed E-state index contributed by atoms with van der Waals surface area (Å²) < 4.78 is 11.7. The maximum absolute atomic E-state index is 6.42. The van der Waals surface area contributed by atoms with E-state index in [0.29, 0.717) is 38.6 Å². The molecule has 1 unspecified atom stereocenters. The van der Waals surface area contributed by atoms with Crippen LogP contribution in [0, 0.1) is 0 Å². The van der Waals surface area contributed by atoms with Gasteiger partial charge >= 0.3 is 0 Å². The van der Waals surface area contributed by atoms with Gasteiger partial charge in [0.15, 0.2) is 0 Å². The third kappa shape index (κ3) is 4.18. The molecule has 1 N–H and O–H groups in total. The first-order valence-corrected chi connectivity index (χ1v) is 9.54. The van der Waals surface area contributed by atoms with E-state index >= 15 is 0 Å². The summed E-state index contributed by atoms with van der Waals surface area (Å²) in [7, 11) is 1.78. The Morgan fingerprint density at radius 3 is 2.69 bits per heavy atom. The van der Waals surface area contributed by atoms with Gasteiger partial charge in [-0.3, -0.25) is 0 Å². The minimum atomic E-state index is -0.710. The standard InChI is InChI=1S/C21H16Cl2N4O2/c1-24-19-16(9-5-11-25-19)20-26-21(29-27-20)18(15-8-2-3-10-17(15)23)28-14-7-4-6-13(22)12-14/h2-12,18H,1H3,(H,24,25). The highest BCUT2D eigenvalue weighted by Gasteiger charge is 2.26. The molecule has 146 valence electrons. The largest absolute Gasteiger partial charge is 0.476 e. The van der Waals surface area contributed by atoms with Gasteiger partial charge in [0.25, 0.3) is 5.89 Å². The molecular weight excluding hydrogens is 411 g/mol. The van der Waals surface area contributed by atoms with Crippen LogP contribution in [0.3, 0.4) is 0 Å². The Morgan fingerprint density at radius 2 is 1.90 bits per heavy atom. The molecule has 0 amide bonds. The zero-order chi connectivity index (χ0) is 20.2. The summed E-state index contributed by atoms with van der Waals surface area (Å²) in [6, 6.07) is 18.1. The van der Waals surface area contributed by atoms with E-state index in [9.17, 15) is 0 Å². The predicted octanol–water partition coefficient (Wildman–Crippen LogP) is 5.65. The van der Waals surface area contributed by atoms with E-state index < -0.39 is 6.10 Å². The van der Waals surface area contributed by atoms with Crippen LogP contribution in [0.2, 0.25) is 10.0 Å². The fourth-order valence-electron chi connectivity index (χ4n) is 2.85. The van der Waals surface area contributed by atoms with Crippen molar-refractivity contribution in [1.82, 2.24) is 15.1 Å². The molecular formula is C21H16Cl2N4O2. The van der Waals surface area contributed by atoms with Crippen LogP contribution in [0.1, 0.15) is 17.6 Å². The topological polar surface area (TPSA) is 73.1 Å². The van der Waals surface area contributed by atoms with Crippen LogP contribution in [0.5, 0.6) is 5.75 Å². The quantitative estimate of drug-likeness (QED) is 0.429. The van der Waals surface area contributed by atoms with Crippen molar-refractivity contribution in [2.45, 2.75) is 6.10 Å². The van der Waals surface area contributed by atoms with Crippen LogP contribution in [-0.2, 0) is 0 Å². The Bertz CT molecular complexity index is 1130. The summed E-state index contributed by atoms with van der Waals surface area (Å²) in [5.74, 6) is 1.85. The molecule has 0 saturated heterocycles. The molecule has 0 bridgehead atoms. The normalized spacial score (nSPS) is 11.8. The molecule has 0 aliphatic carbocycles. The van der Waals surface area contributed by atoms with Crippen molar-refractivity contribution >= 4 is 29.0 Å². The van der Waals surface area contributed by atoms with Crippen molar-refractivity contribution < 1.29 is 9.26 Å². The average Bonchev–Trinajstić information content (AvgIpc) is 3.22. The highest BCUT2D eigenvalue weighted by molar-refractivity contribution is 6.31. The van der Waals surface area contributed by atoms with Gasteiger partial charge in [-0.15, -0.1) is 0 Å². The fraction of sp³-hybridized carbons (Fsp3) is 0.0952. The van der Waals surface area contributed by atoms with Crippen molar-refractivity contribution in [2.24, 2.45) is 0 Å². The number of aromatic nitrogens is 3. The first-order chi connectivity index (χ1) is 14.2. The summed E-state index contributed by atoms with van der Waals surface area (Å²) in [5.41, 5.74) is 1.41. The lowest BCUT2D eigenvalue weighted by Gasteiger charge is -2.17. The maximum atomic E-state index is 6.42. The second kappa shape index (κ2) is 8.51. The maximum Gasteiger partial charge on any atom is 0.272 e. The lowest BCUT2D eigenvalue weighted by Crippen LogP contribution is -2.10. The summed E-state index contributed by atoms with van der Waals surface area (Å²) in [5, 5.41) is 8.22. The van der Waals surface area contributed by atoms with E-state index in [2.05, 4.69) is 20.4 Å². The number of rotatable bonds is 6. The monoisotopic (exact) mass is 426 g/mol. The minimum Gasteiger partial charge on any atom is -0.476 e. The molecule has 0 spiro atoms. The summed E-state index contributed by atoms with van der Waals surface area (Å²) in [6.07, 6.45) is 0.976. The van der Waals surface area contributed by atoms with Crippen LogP contribution in [0.25, 0.3) is 11.4 Å².